The second-order valence-electron chi connectivity index (χ2n) is 10.8. The first-order chi connectivity index (χ1) is 21.1. The summed E-state index contributed by atoms with van der Waals surface area (Å²) in [7, 11) is -3.33. The molecule has 1 unspecified atom stereocenters. The normalized spacial score (nSPS) is 12.3. The van der Waals surface area contributed by atoms with Crippen LogP contribution in [0, 0.1) is 0 Å². The molecule has 0 heterocycles. The van der Waals surface area contributed by atoms with Gasteiger partial charge in [0.2, 0.25) is 0 Å². The highest BCUT2D eigenvalue weighted by Gasteiger charge is 2.34. The highest BCUT2D eigenvalue weighted by molar-refractivity contribution is 7.85. The van der Waals surface area contributed by atoms with Gasteiger partial charge in [0.15, 0.2) is 7.14 Å². The molecular formula is C40H31O2P. The highest BCUT2D eigenvalue weighted by atomic mass is 31.2. The van der Waals surface area contributed by atoms with Crippen LogP contribution in [-0.2, 0) is 4.57 Å². The van der Waals surface area contributed by atoms with Crippen molar-refractivity contribution in [3.63, 3.8) is 0 Å². The molecular weight excluding hydrogens is 543 g/mol. The van der Waals surface area contributed by atoms with Crippen LogP contribution in [-0.4, -0.2) is 0 Å². The Hall–Kier alpha value is -4.91. The standard InChI is InChI=1S/C40H31O2P/c1-29(30-15-5-2-6-16-30)42-37-27-25-31-17-11-13-23-35(31)39(37)40-36-24-14-12-18-32(36)26-28-38(40)43(41,33-19-7-3-8-20-33)34-21-9-4-10-22-34/h2-29H,1H3. The zero-order valence-electron chi connectivity index (χ0n) is 23.9. The van der Waals surface area contributed by atoms with Crippen molar-refractivity contribution >= 4 is 44.6 Å². The molecule has 0 N–H and O–H groups in total. The largest absolute Gasteiger partial charge is 0.485 e. The van der Waals surface area contributed by atoms with Crippen molar-refractivity contribution in [3.05, 3.63) is 169 Å². The molecule has 0 radical (unpaired) electrons. The van der Waals surface area contributed by atoms with E-state index in [1.807, 2.05) is 78.9 Å². The minimum Gasteiger partial charge on any atom is -0.485 e. The SMILES string of the molecule is CC(Oc1ccc2ccccc2c1-c1c(P(=O)(c2ccccc2)c2ccccc2)ccc2ccccc12)c1ccccc1. The topological polar surface area (TPSA) is 26.3 Å². The van der Waals surface area contributed by atoms with Gasteiger partial charge in [0.25, 0.3) is 0 Å². The molecule has 7 aromatic rings. The lowest BCUT2D eigenvalue weighted by atomic mass is 9.93. The van der Waals surface area contributed by atoms with E-state index in [0.29, 0.717) is 0 Å². The second-order valence-corrected chi connectivity index (χ2v) is 13.5. The van der Waals surface area contributed by atoms with Crippen LogP contribution in [0.5, 0.6) is 5.75 Å². The molecule has 0 aromatic heterocycles. The quantitative estimate of drug-likeness (QED) is 0.177. The van der Waals surface area contributed by atoms with Crippen LogP contribution in [0.1, 0.15) is 18.6 Å². The van der Waals surface area contributed by atoms with Gasteiger partial charge in [0, 0.05) is 27.0 Å². The summed E-state index contributed by atoms with van der Waals surface area (Å²) in [6.45, 7) is 2.08. The van der Waals surface area contributed by atoms with Crippen LogP contribution >= 0.6 is 7.14 Å². The van der Waals surface area contributed by atoms with Crippen LogP contribution in [0.4, 0.5) is 0 Å². The van der Waals surface area contributed by atoms with Crippen molar-refractivity contribution in [1.29, 1.82) is 0 Å². The Kier molecular flexibility index (Phi) is 7.15. The van der Waals surface area contributed by atoms with Gasteiger partial charge in [-0.05, 0) is 46.2 Å². The molecule has 0 saturated heterocycles. The lowest BCUT2D eigenvalue weighted by molar-refractivity contribution is 0.228. The van der Waals surface area contributed by atoms with Gasteiger partial charge in [0.1, 0.15) is 11.9 Å². The fraction of sp³-hybridized carbons (Fsp3) is 0.0500. The Balaban J connectivity index is 1.59. The summed E-state index contributed by atoms with van der Waals surface area (Å²) in [5.74, 6) is 0.764. The zero-order chi connectivity index (χ0) is 29.2. The molecule has 3 heteroatoms. The van der Waals surface area contributed by atoms with E-state index < -0.39 is 7.14 Å². The average Bonchev–Trinajstić information content (AvgIpc) is 3.08. The summed E-state index contributed by atoms with van der Waals surface area (Å²) in [4.78, 5) is 0. The van der Waals surface area contributed by atoms with Crippen molar-refractivity contribution in [2.24, 2.45) is 0 Å². The molecule has 0 aliphatic heterocycles. The van der Waals surface area contributed by atoms with E-state index in [1.165, 1.54) is 0 Å². The van der Waals surface area contributed by atoms with Gasteiger partial charge in [-0.1, -0.05) is 152 Å². The first kappa shape index (κ1) is 27.0. The fourth-order valence-corrected chi connectivity index (χ4v) is 8.95. The van der Waals surface area contributed by atoms with Gasteiger partial charge in [-0.2, -0.15) is 0 Å². The first-order valence-corrected chi connectivity index (χ1v) is 16.3. The molecule has 0 aliphatic carbocycles. The number of benzene rings is 7. The van der Waals surface area contributed by atoms with Gasteiger partial charge in [-0.25, -0.2) is 0 Å². The smallest absolute Gasteiger partial charge is 0.171 e. The van der Waals surface area contributed by atoms with E-state index in [1.54, 1.807) is 0 Å². The maximum Gasteiger partial charge on any atom is 0.171 e. The second kappa shape index (κ2) is 11.4. The monoisotopic (exact) mass is 574 g/mol. The number of fused-ring (bicyclic) bond motifs is 2. The summed E-state index contributed by atoms with van der Waals surface area (Å²) < 4.78 is 22.7. The van der Waals surface area contributed by atoms with E-state index in [9.17, 15) is 0 Å². The van der Waals surface area contributed by atoms with Crippen molar-refractivity contribution < 1.29 is 9.30 Å². The third kappa shape index (κ3) is 4.84. The van der Waals surface area contributed by atoms with E-state index >= 15 is 4.57 Å². The first-order valence-electron chi connectivity index (χ1n) is 14.6. The summed E-state index contributed by atoms with van der Waals surface area (Å²) in [6.07, 6.45) is -0.186. The Morgan fingerprint density at radius 2 is 0.953 bits per heavy atom. The molecule has 0 aliphatic rings. The van der Waals surface area contributed by atoms with Crippen molar-refractivity contribution in [2.75, 3.05) is 0 Å². The average molecular weight is 575 g/mol. The summed E-state index contributed by atoms with van der Waals surface area (Å²) in [5.41, 5.74) is 3.00. The summed E-state index contributed by atoms with van der Waals surface area (Å²) in [6, 6.07) is 55.2. The minimum absolute atomic E-state index is 0.186. The zero-order valence-corrected chi connectivity index (χ0v) is 24.8. The molecule has 0 spiro atoms. The van der Waals surface area contributed by atoms with Crippen LogP contribution in [0.3, 0.4) is 0 Å². The Bertz CT molecular complexity index is 2040. The summed E-state index contributed by atoms with van der Waals surface area (Å²) in [5, 5.41) is 6.70. The summed E-state index contributed by atoms with van der Waals surface area (Å²) >= 11 is 0. The van der Waals surface area contributed by atoms with Crippen molar-refractivity contribution in [3.8, 4) is 16.9 Å². The lowest BCUT2D eigenvalue weighted by Crippen LogP contribution is -2.26. The van der Waals surface area contributed by atoms with Gasteiger partial charge in [0.05, 0.1) is 0 Å². The molecule has 7 rings (SSSR count). The van der Waals surface area contributed by atoms with Crippen LogP contribution in [0.2, 0.25) is 0 Å². The van der Waals surface area contributed by atoms with Gasteiger partial charge >= 0.3 is 0 Å². The molecule has 43 heavy (non-hydrogen) atoms. The number of hydrogen-bond acceptors (Lipinski definition) is 2. The number of rotatable bonds is 7. The minimum atomic E-state index is -3.33. The molecule has 7 aromatic carbocycles. The van der Waals surface area contributed by atoms with Crippen LogP contribution in [0.15, 0.2) is 164 Å². The van der Waals surface area contributed by atoms with E-state index in [4.69, 9.17) is 4.74 Å². The van der Waals surface area contributed by atoms with Gasteiger partial charge < -0.3 is 9.30 Å². The highest BCUT2D eigenvalue weighted by Crippen LogP contribution is 2.50. The van der Waals surface area contributed by atoms with Gasteiger partial charge in [-0.3, -0.25) is 0 Å². The molecule has 0 saturated carbocycles. The molecule has 0 bridgehead atoms. The maximum atomic E-state index is 15.9. The van der Waals surface area contributed by atoms with Crippen molar-refractivity contribution in [1.82, 2.24) is 0 Å². The van der Waals surface area contributed by atoms with Crippen LogP contribution in [0.25, 0.3) is 32.7 Å². The molecule has 0 fully saturated rings. The lowest BCUT2D eigenvalue weighted by Gasteiger charge is -2.26. The predicted octanol–water partition coefficient (Wildman–Crippen LogP) is 9.44. The Labute approximate surface area is 252 Å². The van der Waals surface area contributed by atoms with E-state index in [2.05, 4.69) is 91.9 Å². The molecule has 208 valence electrons. The number of ether oxygens (including phenoxy) is 1. The Morgan fingerprint density at radius 1 is 0.488 bits per heavy atom. The van der Waals surface area contributed by atoms with Gasteiger partial charge in [-0.15, -0.1) is 0 Å². The third-order valence-electron chi connectivity index (χ3n) is 8.20. The molecule has 0 amide bonds. The third-order valence-corrected chi connectivity index (χ3v) is 11.3. The predicted molar refractivity (Wildman–Crippen MR) is 182 cm³/mol. The van der Waals surface area contributed by atoms with Crippen LogP contribution < -0.4 is 20.7 Å². The molecule has 1 atom stereocenters. The van der Waals surface area contributed by atoms with Crippen molar-refractivity contribution in [2.45, 2.75) is 13.0 Å². The van der Waals surface area contributed by atoms with E-state index in [0.717, 1.165) is 59.9 Å². The van der Waals surface area contributed by atoms with E-state index in [-0.39, 0.29) is 6.10 Å². The Morgan fingerprint density at radius 3 is 1.53 bits per heavy atom. The maximum absolute atomic E-state index is 15.9. The molecule has 2 nitrogen and oxygen atoms in total. The number of hydrogen-bond donors (Lipinski definition) is 0. The fourth-order valence-electron chi connectivity index (χ4n) is 6.08.